The molecule has 0 aromatic carbocycles. The zero-order chi connectivity index (χ0) is 12.3. The summed E-state index contributed by atoms with van der Waals surface area (Å²) in [6, 6.07) is 0.833. The summed E-state index contributed by atoms with van der Waals surface area (Å²) >= 11 is 0. The predicted octanol–water partition coefficient (Wildman–Crippen LogP) is 2.35. The van der Waals surface area contributed by atoms with Crippen LogP contribution in [0.3, 0.4) is 0 Å². The highest BCUT2D eigenvalue weighted by Crippen LogP contribution is 2.39. The van der Waals surface area contributed by atoms with Gasteiger partial charge >= 0.3 is 0 Å². The summed E-state index contributed by atoms with van der Waals surface area (Å²) in [5.41, 5.74) is 0.517. The first-order chi connectivity index (χ1) is 8.86. The van der Waals surface area contributed by atoms with Crippen LogP contribution in [0.5, 0.6) is 0 Å². The lowest BCUT2D eigenvalue weighted by Gasteiger charge is -2.41. The lowest BCUT2D eigenvalue weighted by molar-refractivity contribution is -0.0138. The maximum Gasteiger partial charge on any atom is 0.0471 e. The van der Waals surface area contributed by atoms with E-state index in [1.807, 2.05) is 0 Å². The molecule has 0 amide bonds. The van der Waals surface area contributed by atoms with Crippen molar-refractivity contribution in [3.63, 3.8) is 0 Å². The molecule has 0 aromatic rings. The van der Waals surface area contributed by atoms with Gasteiger partial charge in [-0.1, -0.05) is 0 Å². The minimum atomic E-state index is 0.517. The van der Waals surface area contributed by atoms with Crippen LogP contribution in [0.2, 0.25) is 0 Å². The minimum absolute atomic E-state index is 0.517. The number of hydrogen-bond donors (Lipinski definition) is 1. The Hall–Kier alpha value is -0.120. The Kier molecular flexibility index (Phi) is 4.22. The van der Waals surface area contributed by atoms with Gasteiger partial charge in [0.1, 0.15) is 0 Å². The number of rotatable bonds is 5. The highest BCUT2D eigenvalue weighted by atomic mass is 16.5. The molecule has 1 aliphatic carbocycles. The molecule has 1 saturated carbocycles. The number of ether oxygens (including phenoxy) is 2. The molecule has 2 saturated heterocycles. The van der Waals surface area contributed by atoms with Crippen LogP contribution in [-0.4, -0.2) is 39.0 Å². The summed E-state index contributed by atoms with van der Waals surface area (Å²) in [7, 11) is 0. The number of hydrogen-bond acceptors (Lipinski definition) is 3. The lowest BCUT2D eigenvalue weighted by Crippen LogP contribution is -2.42. The molecule has 0 bridgehead atoms. The van der Waals surface area contributed by atoms with E-state index < -0.39 is 0 Å². The molecule has 104 valence electrons. The van der Waals surface area contributed by atoms with Crippen molar-refractivity contribution in [2.45, 2.75) is 51.0 Å². The van der Waals surface area contributed by atoms with Crippen molar-refractivity contribution in [1.29, 1.82) is 0 Å². The third-order valence-electron chi connectivity index (χ3n) is 4.96. The molecule has 0 radical (unpaired) electrons. The van der Waals surface area contributed by atoms with Crippen molar-refractivity contribution in [2.75, 3.05) is 33.0 Å². The second-order valence-electron chi connectivity index (χ2n) is 6.53. The zero-order valence-electron chi connectivity index (χ0n) is 11.5. The van der Waals surface area contributed by atoms with Crippen molar-refractivity contribution >= 4 is 0 Å². The van der Waals surface area contributed by atoms with Gasteiger partial charge in [0.05, 0.1) is 0 Å². The molecule has 2 heterocycles. The first-order valence-electron chi connectivity index (χ1n) is 7.75. The maximum atomic E-state index is 5.58. The maximum absolute atomic E-state index is 5.58. The van der Waals surface area contributed by atoms with Gasteiger partial charge in [0.15, 0.2) is 0 Å². The Bertz CT molecular complexity index is 253. The van der Waals surface area contributed by atoms with E-state index in [1.54, 1.807) is 0 Å². The van der Waals surface area contributed by atoms with E-state index >= 15 is 0 Å². The predicted molar refractivity (Wildman–Crippen MR) is 71.7 cm³/mol. The lowest BCUT2D eigenvalue weighted by atomic mass is 9.71. The van der Waals surface area contributed by atoms with Crippen molar-refractivity contribution in [3.05, 3.63) is 0 Å². The van der Waals surface area contributed by atoms with Crippen molar-refractivity contribution in [3.8, 4) is 0 Å². The summed E-state index contributed by atoms with van der Waals surface area (Å²) in [6.07, 6.45) is 9.22. The van der Waals surface area contributed by atoms with Gasteiger partial charge in [-0.25, -0.2) is 0 Å². The van der Waals surface area contributed by atoms with Crippen LogP contribution < -0.4 is 5.32 Å². The molecule has 2 aliphatic heterocycles. The Balaban J connectivity index is 1.55. The van der Waals surface area contributed by atoms with Gasteiger partial charge in [-0.05, 0) is 56.3 Å². The van der Waals surface area contributed by atoms with Crippen LogP contribution >= 0.6 is 0 Å². The summed E-state index contributed by atoms with van der Waals surface area (Å²) < 4.78 is 11.1. The Labute approximate surface area is 111 Å². The SMILES string of the molecule is C1CC(CC2(CNC3CC3)CCOCC2)CCO1. The van der Waals surface area contributed by atoms with E-state index in [1.165, 1.54) is 51.5 Å². The Morgan fingerprint density at radius 2 is 1.56 bits per heavy atom. The van der Waals surface area contributed by atoms with Gasteiger partial charge < -0.3 is 14.8 Å². The standard InChI is InChI=1S/C15H27NO2/c1-2-14(1)16-12-15(5-9-18-10-6-15)11-13-3-7-17-8-4-13/h13-14,16H,1-12H2. The van der Waals surface area contributed by atoms with Gasteiger partial charge in [0.25, 0.3) is 0 Å². The van der Waals surface area contributed by atoms with Gasteiger partial charge in [-0.3, -0.25) is 0 Å². The fourth-order valence-electron chi connectivity index (χ4n) is 3.47. The molecule has 3 rings (SSSR count). The second-order valence-corrected chi connectivity index (χ2v) is 6.53. The summed E-state index contributed by atoms with van der Waals surface area (Å²) in [4.78, 5) is 0. The molecule has 18 heavy (non-hydrogen) atoms. The summed E-state index contributed by atoms with van der Waals surface area (Å²) in [6.45, 7) is 5.12. The molecule has 1 N–H and O–H groups in total. The monoisotopic (exact) mass is 253 g/mol. The minimum Gasteiger partial charge on any atom is -0.381 e. The summed E-state index contributed by atoms with van der Waals surface area (Å²) in [5, 5.41) is 3.77. The van der Waals surface area contributed by atoms with Crippen LogP contribution in [0.1, 0.15) is 44.9 Å². The third-order valence-corrected chi connectivity index (χ3v) is 4.96. The molecule has 3 heteroatoms. The quantitative estimate of drug-likeness (QED) is 0.816. The molecule has 3 nitrogen and oxygen atoms in total. The van der Waals surface area contributed by atoms with Crippen LogP contribution in [0, 0.1) is 11.3 Å². The molecule has 3 fully saturated rings. The Morgan fingerprint density at radius 3 is 2.22 bits per heavy atom. The highest BCUT2D eigenvalue weighted by Gasteiger charge is 2.36. The molecule has 3 aliphatic rings. The van der Waals surface area contributed by atoms with E-state index in [0.29, 0.717) is 5.41 Å². The van der Waals surface area contributed by atoms with Crippen LogP contribution in [-0.2, 0) is 9.47 Å². The van der Waals surface area contributed by atoms with E-state index in [-0.39, 0.29) is 0 Å². The molecular weight excluding hydrogens is 226 g/mol. The van der Waals surface area contributed by atoms with Crippen molar-refractivity contribution < 1.29 is 9.47 Å². The molecule has 0 atom stereocenters. The highest BCUT2D eigenvalue weighted by molar-refractivity contribution is 4.90. The average Bonchev–Trinajstić information content (AvgIpc) is 3.23. The Morgan fingerprint density at radius 1 is 0.889 bits per heavy atom. The molecule has 0 spiro atoms. The van der Waals surface area contributed by atoms with Crippen molar-refractivity contribution in [1.82, 2.24) is 5.32 Å². The normalized spacial score (nSPS) is 29.3. The van der Waals surface area contributed by atoms with Gasteiger partial charge in [-0.2, -0.15) is 0 Å². The zero-order valence-corrected chi connectivity index (χ0v) is 11.5. The van der Waals surface area contributed by atoms with Crippen LogP contribution in [0.15, 0.2) is 0 Å². The smallest absolute Gasteiger partial charge is 0.0471 e. The largest absolute Gasteiger partial charge is 0.381 e. The molecule has 0 unspecified atom stereocenters. The topological polar surface area (TPSA) is 30.5 Å². The van der Waals surface area contributed by atoms with E-state index in [4.69, 9.17) is 9.47 Å². The van der Waals surface area contributed by atoms with E-state index in [2.05, 4.69) is 5.32 Å². The van der Waals surface area contributed by atoms with Crippen molar-refractivity contribution in [2.24, 2.45) is 11.3 Å². The van der Waals surface area contributed by atoms with Gasteiger partial charge in [-0.15, -0.1) is 0 Å². The third kappa shape index (κ3) is 3.46. The van der Waals surface area contributed by atoms with Gasteiger partial charge in [0, 0.05) is 39.0 Å². The first-order valence-corrected chi connectivity index (χ1v) is 7.75. The first kappa shape index (κ1) is 12.9. The molecule has 0 aromatic heterocycles. The summed E-state index contributed by atoms with van der Waals surface area (Å²) in [5.74, 6) is 0.887. The van der Waals surface area contributed by atoms with E-state index in [0.717, 1.165) is 38.4 Å². The van der Waals surface area contributed by atoms with Crippen LogP contribution in [0.25, 0.3) is 0 Å². The van der Waals surface area contributed by atoms with Gasteiger partial charge in [0.2, 0.25) is 0 Å². The van der Waals surface area contributed by atoms with Crippen LogP contribution in [0.4, 0.5) is 0 Å². The molecular formula is C15H27NO2. The fourth-order valence-corrected chi connectivity index (χ4v) is 3.47. The number of nitrogens with one attached hydrogen (secondary N) is 1. The fraction of sp³-hybridized carbons (Fsp3) is 1.00. The van der Waals surface area contributed by atoms with E-state index in [9.17, 15) is 0 Å². The average molecular weight is 253 g/mol. The second kappa shape index (κ2) is 5.89.